The van der Waals surface area contributed by atoms with Crippen LogP contribution in [0.5, 0.6) is 0 Å². The second-order valence-electron chi connectivity index (χ2n) is 15.2. The Balaban J connectivity index is 0.894. The Morgan fingerprint density at radius 1 is 0.625 bits per heavy atom. The second kappa shape index (κ2) is 32.6. The van der Waals surface area contributed by atoms with Gasteiger partial charge in [-0.25, -0.2) is 9.97 Å². The van der Waals surface area contributed by atoms with Gasteiger partial charge in [0.25, 0.3) is 0 Å². The van der Waals surface area contributed by atoms with Crippen LogP contribution in [-0.4, -0.2) is 194 Å². The van der Waals surface area contributed by atoms with E-state index in [-0.39, 0.29) is 30.6 Å². The van der Waals surface area contributed by atoms with Crippen molar-refractivity contribution >= 4 is 45.5 Å². The van der Waals surface area contributed by atoms with Crippen molar-refractivity contribution in [2.24, 2.45) is 0 Å². The Hall–Kier alpha value is -4.05. The van der Waals surface area contributed by atoms with Crippen LogP contribution in [-0.2, 0) is 65.2 Å². The summed E-state index contributed by atoms with van der Waals surface area (Å²) in [4.78, 5) is 50.4. The molecule has 360 valence electrons. The van der Waals surface area contributed by atoms with Gasteiger partial charge in [0, 0.05) is 83.4 Å². The summed E-state index contributed by atoms with van der Waals surface area (Å²) < 4.78 is 46.1. The average Bonchev–Trinajstić information content (AvgIpc) is 3.68. The van der Waals surface area contributed by atoms with Crippen molar-refractivity contribution in [1.29, 1.82) is 0 Å². The zero-order valence-corrected chi connectivity index (χ0v) is 38.3. The smallest absolute Gasteiger partial charge is 0.223 e. The normalized spacial score (nSPS) is 13.3. The number of carbonyl (C=O) groups is 3. The molecule has 19 nitrogen and oxygen atoms in total. The monoisotopic (exact) mass is 903 g/mol. The number of nitrogens with one attached hydrogen (secondary N) is 2. The number of benzene rings is 1. The number of pyridine rings is 1. The highest BCUT2D eigenvalue weighted by Gasteiger charge is 2.23. The molecule has 0 unspecified atom stereocenters. The maximum atomic E-state index is 12.9. The molecule has 0 saturated carbocycles. The molecule has 3 heterocycles. The van der Waals surface area contributed by atoms with Crippen LogP contribution >= 0.6 is 0 Å². The fourth-order valence-corrected chi connectivity index (χ4v) is 6.96. The van der Waals surface area contributed by atoms with Gasteiger partial charge in [-0.3, -0.25) is 19.3 Å². The van der Waals surface area contributed by atoms with Crippen molar-refractivity contribution in [3.8, 4) is 0 Å². The SMILES string of the molecule is CCCCc1nc2c(N)nc3ccccc3c2n1CCN1CCN(C(=O)CCC(=O)NCCOCCOCCOCCOCCOCCOCCOCCOCCC(=O)NCC)CC1. The minimum Gasteiger partial charge on any atom is -0.382 e. The number of ether oxygens (including phenoxy) is 8. The Morgan fingerprint density at radius 2 is 1.16 bits per heavy atom. The Bertz CT molecular complexity index is 1760. The van der Waals surface area contributed by atoms with Crippen molar-refractivity contribution in [2.75, 3.05) is 157 Å². The van der Waals surface area contributed by atoms with E-state index in [0.717, 1.165) is 73.2 Å². The lowest BCUT2D eigenvalue weighted by atomic mass is 10.2. The van der Waals surface area contributed by atoms with E-state index in [1.165, 1.54) is 0 Å². The number of piperazine rings is 1. The van der Waals surface area contributed by atoms with Gasteiger partial charge in [-0.15, -0.1) is 0 Å². The lowest BCUT2D eigenvalue weighted by Crippen LogP contribution is -2.49. The predicted molar refractivity (Wildman–Crippen MR) is 243 cm³/mol. The van der Waals surface area contributed by atoms with Gasteiger partial charge in [0.05, 0.1) is 117 Å². The molecular formula is C45H74N8O11. The van der Waals surface area contributed by atoms with E-state index in [0.29, 0.717) is 144 Å². The van der Waals surface area contributed by atoms with Gasteiger partial charge >= 0.3 is 0 Å². The molecule has 0 radical (unpaired) electrons. The maximum Gasteiger partial charge on any atom is 0.223 e. The summed E-state index contributed by atoms with van der Waals surface area (Å²) in [6.45, 7) is 16.6. The second-order valence-corrected chi connectivity index (χ2v) is 15.2. The topological polar surface area (TPSA) is 212 Å². The lowest BCUT2D eigenvalue weighted by molar-refractivity contribution is -0.135. The first-order valence-electron chi connectivity index (χ1n) is 23.1. The molecule has 1 aliphatic rings. The molecule has 1 aliphatic heterocycles. The summed E-state index contributed by atoms with van der Waals surface area (Å²) in [6.07, 6.45) is 3.70. The first-order valence-corrected chi connectivity index (χ1v) is 23.1. The quantitative estimate of drug-likeness (QED) is 0.0709. The molecule has 64 heavy (non-hydrogen) atoms. The number of hydrogen-bond donors (Lipinski definition) is 3. The van der Waals surface area contributed by atoms with Crippen molar-refractivity contribution in [1.82, 2.24) is 35.0 Å². The molecule has 3 amide bonds. The van der Waals surface area contributed by atoms with Crippen molar-refractivity contribution in [3.63, 3.8) is 0 Å². The Labute approximate surface area is 378 Å². The molecule has 3 aromatic rings. The van der Waals surface area contributed by atoms with E-state index in [9.17, 15) is 14.4 Å². The number of hydrogen-bond acceptors (Lipinski definition) is 15. The molecule has 19 heteroatoms. The minimum atomic E-state index is -0.162. The number of nitrogens with zero attached hydrogens (tertiary/aromatic N) is 5. The number of fused-ring (bicyclic) bond motifs is 3. The van der Waals surface area contributed by atoms with Crippen LogP contribution in [0, 0.1) is 0 Å². The van der Waals surface area contributed by atoms with Crippen molar-refractivity contribution < 1.29 is 52.3 Å². The third-order valence-electron chi connectivity index (χ3n) is 10.4. The van der Waals surface area contributed by atoms with Crippen LogP contribution in [0.3, 0.4) is 0 Å². The highest BCUT2D eigenvalue weighted by atomic mass is 16.6. The largest absolute Gasteiger partial charge is 0.382 e. The van der Waals surface area contributed by atoms with E-state index in [1.54, 1.807) is 0 Å². The van der Waals surface area contributed by atoms with Gasteiger partial charge in [-0.05, 0) is 19.4 Å². The summed E-state index contributed by atoms with van der Waals surface area (Å²) >= 11 is 0. The molecule has 0 bridgehead atoms. The average molecular weight is 903 g/mol. The third-order valence-corrected chi connectivity index (χ3v) is 10.4. The molecule has 4 rings (SSSR count). The van der Waals surface area contributed by atoms with E-state index < -0.39 is 0 Å². The maximum absolute atomic E-state index is 12.9. The van der Waals surface area contributed by atoms with Crippen LogP contribution < -0.4 is 16.4 Å². The van der Waals surface area contributed by atoms with Gasteiger partial charge in [0.2, 0.25) is 17.7 Å². The van der Waals surface area contributed by atoms with Crippen LogP contribution in [0.15, 0.2) is 24.3 Å². The fourth-order valence-electron chi connectivity index (χ4n) is 6.96. The summed E-state index contributed by atoms with van der Waals surface area (Å²) in [7, 11) is 0. The molecule has 1 saturated heterocycles. The molecular weight excluding hydrogens is 829 g/mol. The number of unbranched alkanes of at least 4 members (excludes halogenated alkanes) is 1. The third kappa shape index (κ3) is 20.4. The van der Waals surface area contributed by atoms with Crippen LogP contribution in [0.2, 0.25) is 0 Å². The zero-order chi connectivity index (χ0) is 45.5. The highest BCUT2D eigenvalue weighted by Crippen LogP contribution is 2.29. The number of aryl methyl sites for hydroxylation is 1. The number of anilines is 1. The first-order chi connectivity index (χ1) is 31.4. The van der Waals surface area contributed by atoms with Gasteiger partial charge in [0.15, 0.2) is 5.82 Å². The zero-order valence-electron chi connectivity index (χ0n) is 38.3. The molecule has 1 aromatic carbocycles. The summed E-state index contributed by atoms with van der Waals surface area (Å²) in [6, 6.07) is 8.08. The molecule has 0 aliphatic carbocycles. The van der Waals surface area contributed by atoms with Crippen LogP contribution in [0.1, 0.15) is 51.8 Å². The van der Waals surface area contributed by atoms with Gasteiger partial charge in [0.1, 0.15) is 11.3 Å². The van der Waals surface area contributed by atoms with Gasteiger partial charge in [-0.1, -0.05) is 31.5 Å². The number of nitrogens with two attached hydrogens (primary N) is 1. The number of amides is 3. The number of rotatable bonds is 37. The van der Waals surface area contributed by atoms with E-state index in [4.69, 9.17) is 48.6 Å². The molecule has 0 spiro atoms. The van der Waals surface area contributed by atoms with Crippen molar-refractivity contribution in [3.05, 3.63) is 30.1 Å². The van der Waals surface area contributed by atoms with E-state index in [1.807, 2.05) is 30.0 Å². The number of imidazole rings is 1. The van der Waals surface area contributed by atoms with Crippen LogP contribution in [0.25, 0.3) is 21.9 Å². The Kier molecular flexibility index (Phi) is 26.8. The van der Waals surface area contributed by atoms with Crippen LogP contribution in [0.4, 0.5) is 5.82 Å². The minimum absolute atomic E-state index is 0.00507. The number of carbonyl (C=O) groups excluding carboxylic acids is 3. The predicted octanol–water partition coefficient (Wildman–Crippen LogP) is 2.21. The molecule has 4 N–H and O–H groups in total. The molecule has 1 fully saturated rings. The fraction of sp³-hybridized carbons (Fsp3) is 0.711. The van der Waals surface area contributed by atoms with Gasteiger partial charge < -0.3 is 63.7 Å². The number of para-hydroxylation sites is 1. The molecule has 2 aromatic heterocycles. The highest BCUT2D eigenvalue weighted by molar-refractivity contribution is 6.06. The summed E-state index contributed by atoms with van der Waals surface area (Å²) in [5.41, 5.74) is 9.06. The summed E-state index contributed by atoms with van der Waals surface area (Å²) in [5.74, 6) is 1.33. The number of nitrogen functional groups attached to an aromatic ring is 1. The van der Waals surface area contributed by atoms with E-state index >= 15 is 0 Å². The summed E-state index contributed by atoms with van der Waals surface area (Å²) in [5, 5.41) is 6.61. The van der Waals surface area contributed by atoms with E-state index in [2.05, 4.69) is 38.1 Å². The standard InChI is InChI=1S/C45H74N8O11/c1-3-5-10-39-50-43-44(37-8-6-7-9-38(37)49-45(43)46)53(39)20-17-51-15-18-52(19-16-51)42(56)12-11-40(54)48-14-22-58-24-26-60-28-30-62-32-34-64-36-35-63-33-31-61-29-27-59-25-23-57-21-13-41(55)47-4-2/h6-9H,3-5,10-36H2,1-2H3,(H2,46,49)(H,47,55)(H,48,54). The van der Waals surface area contributed by atoms with Crippen molar-refractivity contribution in [2.45, 2.75) is 58.9 Å². The first kappa shape index (κ1) is 52.6. The Morgan fingerprint density at radius 3 is 1.72 bits per heavy atom. The number of aromatic nitrogens is 3. The molecule has 0 atom stereocenters. The lowest BCUT2D eigenvalue weighted by Gasteiger charge is -2.35. The van der Waals surface area contributed by atoms with Gasteiger partial charge in [-0.2, -0.15) is 0 Å².